The van der Waals surface area contributed by atoms with E-state index in [0.29, 0.717) is 16.8 Å². The van der Waals surface area contributed by atoms with Crippen molar-refractivity contribution in [2.75, 3.05) is 0 Å². The molecule has 0 atom stereocenters. The van der Waals surface area contributed by atoms with Crippen molar-refractivity contribution in [2.45, 2.75) is 31.7 Å². The van der Waals surface area contributed by atoms with E-state index >= 15 is 0 Å². The maximum absolute atomic E-state index is 10.5. The first kappa shape index (κ1) is 9.52. The standard InChI is InChI=1S/C9H11ClN2O2/c10-9-6(4-8(13)14)5-11-12(9)7-2-1-3-7/h5,7H,1-4H2,(H,13,14). The topological polar surface area (TPSA) is 55.1 Å². The van der Waals surface area contributed by atoms with E-state index in [1.807, 2.05) is 0 Å². The molecule has 1 N–H and O–H groups in total. The Hall–Kier alpha value is -1.03. The van der Waals surface area contributed by atoms with E-state index in [4.69, 9.17) is 16.7 Å². The molecule has 76 valence electrons. The molecule has 1 aromatic rings. The maximum atomic E-state index is 10.5. The van der Waals surface area contributed by atoms with Crippen LogP contribution in [0.3, 0.4) is 0 Å². The molecule has 1 saturated carbocycles. The fraction of sp³-hybridized carbons (Fsp3) is 0.556. The Balaban J connectivity index is 2.18. The molecule has 0 aromatic carbocycles. The summed E-state index contributed by atoms with van der Waals surface area (Å²) in [6.07, 6.45) is 4.89. The predicted octanol–water partition coefficient (Wildman–Crippen LogP) is 1.89. The first-order valence-electron chi connectivity index (χ1n) is 4.62. The zero-order valence-corrected chi connectivity index (χ0v) is 8.37. The molecule has 0 bridgehead atoms. The lowest BCUT2D eigenvalue weighted by atomic mass is 9.93. The van der Waals surface area contributed by atoms with Gasteiger partial charge in [0.2, 0.25) is 0 Å². The molecule has 1 aliphatic rings. The summed E-state index contributed by atoms with van der Waals surface area (Å²) in [4.78, 5) is 10.5. The molecule has 0 radical (unpaired) electrons. The van der Waals surface area contributed by atoms with Crippen LogP contribution in [0.5, 0.6) is 0 Å². The molecular weight excluding hydrogens is 204 g/mol. The molecule has 0 unspecified atom stereocenters. The molecule has 14 heavy (non-hydrogen) atoms. The van der Waals surface area contributed by atoms with Crippen molar-refractivity contribution in [1.29, 1.82) is 0 Å². The fourth-order valence-electron chi connectivity index (χ4n) is 1.55. The SMILES string of the molecule is O=C(O)Cc1cnn(C2CCC2)c1Cl. The Morgan fingerprint density at radius 3 is 2.93 bits per heavy atom. The molecule has 4 nitrogen and oxygen atoms in total. The molecule has 0 saturated heterocycles. The highest BCUT2D eigenvalue weighted by Crippen LogP contribution is 2.34. The number of rotatable bonds is 3. The second kappa shape index (κ2) is 3.61. The summed E-state index contributed by atoms with van der Waals surface area (Å²) in [5.74, 6) is -0.875. The van der Waals surface area contributed by atoms with Crippen molar-refractivity contribution >= 4 is 17.6 Å². The number of aromatic nitrogens is 2. The van der Waals surface area contributed by atoms with Crippen LogP contribution >= 0.6 is 11.6 Å². The highest BCUT2D eigenvalue weighted by Gasteiger charge is 2.23. The van der Waals surface area contributed by atoms with Crippen molar-refractivity contribution in [2.24, 2.45) is 0 Å². The number of aliphatic carboxylic acids is 1. The molecule has 0 spiro atoms. The number of carboxylic acid groups (broad SMARTS) is 1. The molecule has 0 amide bonds. The molecule has 2 rings (SSSR count). The Morgan fingerprint density at radius 1 is 1.71 bits per heavy atom. The summed E-state index contributed by atoms with van der Waals surface area (Å²) in [6.45, 7) is 0. The lowest BCUT2D eigenvalue weighted by molar-refractivity contribution is -0.136. The van der Waals surface area contributed by atoms with E-state index < -0.39 is 5.97 Å². The molecule has 1 fully saturated rings. The number of carbonyl (C=O) groups is 1. The number of hydrogen-bond acceptors (Lipinski definition) is 2. The molecule has 1 heterocycles. The van der Waals surface area contributed by atoms with Crippen molar-refractivity contribution in [3.8, 4) is 0 Å². The Labute approximate surface area is 86.5 Å². The Kier molecular flexibility index (Phi) is 2.46. The van der Waals surface area contributed by atoms with Gasteiger partial charge in [-0.15, -0.1) is 0 Å². The first-order chi connectivity index (χ1) is 6.68. The van der Waals surface area contributed by atoms with Crippen LogP contribution in [-0.4, -0.2) is 20.9 Å². The van der Waals surface area contributed by atoms with E-state index in [0.717, 1.165) is 12.8 Å². The fourth-order valence-corrected chi connectivity index (χ4v) is 1.85. The average molecular weight is 215 g/mol. The zero-order valence-electron chi connectivity index (χ0n) is 7.61. The predicted molar refractivity (Wildman–Crippen MR) is 51.5 cm³/mol. The highest BCUT2D eigenvalue weighted by molar-refractivity contribution is 6.30. The second-order valence-electron chi connectivity index (χ2n) is 3.56. The zero-order chi connectivity index (χ0) is 10.1. The average Bonchev–Trinajstić information content (AvgIpc) is 2.32. The third kappa shape index (κ3) is 1.62. The summed E-state index contributed by atoms with van der Waals surface area (Å²) in [5, 5.41) is 13.2. The van der Waals surface area contributed by atoms with Gasteiger partial charge in [-0.25, -0.2) is 0 Å². The van der Waals surface area contributed by atoms with Gasteiger partial charge in [0.05, 0.1) is 18.7 Å². The van der Waals surface area contributed by atoms with Gasteiger partial charge in [-0.05, 0) is 19.3 Å². The van der Waals surface area contributed by atoms with Gasteiger partial charge in [-0.2, -0.15) is 5.10 Å². The van der Waals surface area contributed by atoms with Crippen LogP contribution < -0.4 is 0 Å². The van der Waals surface area contributed by atoms with Gasteiger partial charge >= 0.3 is 5.97 Å². The molecule has 1 aliphatic carbocycles. The van der Waals surface area contributed by atoms with Crippen LogP contribution in [0.1, 0.15) is 30.9 Å². The summed E-state index contributed by atoms with van der Waals surface area (Å²) in [6, 6.07) is 0.380. The number of carboxylic acids is 1. The van der Waals surface area contributed by atoms with Crippen molar-refractivity contribution in [1.82, 2.24) is 9.78 Å². The van der Waals surface area contributed by atoms with Gasteiger partial charge in [0, 0.05) is 5.56 Å². The number of halogens is 1. The van der Waals surface area contributed by atoms with Crippen LogP contribution in [0, 0.1) is 0 Å². The van der Waals surface area contributed by atoms with E-state index in [1.165, 1.54) is 6.42 Å². The minimum Gasteiger partial charge on any atom is -0.481 e. The van der Waals surface area contributed by atoms with Crippen molar-refractivity contribution in [3.05, 3.63) is 16.9 Å². The highest BCUT2D eigenvalue weighted by atomic mass is 35.5. The van der Waals surface area contributed by atoms with Gasteiger partial charge in [-0.3, -0.25) is 9.48 Å². The summed E-state index contributed by atoms with van der Waals surface area (Å²) in [5.41, 5.74) is 0.603. The van der Waals surface area contributed by atoms with Crippen LogP contribution in [0.15, 0.2) is 6.20 Å². The maximum Gasteiger partial charge on any atom is 0.307 e. The summed E-state index contributed by atoms with van der Waals surface area (Å²) < 4.78 is 1.74. The van der Waals surface area contributed by atoms with Crippen LogP contribution in [0.25, 0.3) is 0 Å². The van der Waals surface area contributed by atoms with E-state index in [-0.39, 0.29) is 6.42 Å². The molecule has 5 heteroatoms. The van der Waals surface area contributed by atoms with Gasteiger partial charge in [0.15, 0.2) is 0 Å². The normalized spacial score (nSPS) is 16.6. The third-order valence-electron chi connectivity index (χ3n) is 2.57. The molecule has 0 aliphatic heterocycles. The minimum absolute atomic E-state index is 0.0500. The lowest BCUT2D eigenvalue weighted by Crippen LogP contribution is -2.18. The van der Waals surface area contributed by atoms with Gasteiger partial charge in [0.25, 0.3) is 0 Å². The van der Waals surface area contributed by atoms with Gasteiger partial charge in [0.1, 0.15) is 5.15 Å². The lowest BCUT2D eigenvalue weighted by Gasteiger charge is -2.26. The Morgan fingerprint density at radius 2 is 2.43 bits per heavy atom. The quantitative estimate of drug-likeness (QED) is 0.836. The second-order valence-corrected chi connectivity index (χ2v) is 3.92. The van der Waals surface area contributed by atoms with Gasteiger partial charge in [-0.1, -0.05) is 11.6 Å². The molecule has 1 aromatic heterocycles. The van der Waals surface area contributed by atoms with Crippen molar-refractivity contribution < 1.29 is 9.90 Å². The third-order valence-corrected chi connectivity index (χ3v) is 2.98. The van der Waals surface area contributed by atoms with Crippen molar-refractivity contribution in [3.63, 3.8) is 0 Å². The first-order valence-corrected chi connectivity index (χ1v) is 5.00. The van der Waals surface area contributed by atoms with E-state index in [2.05, 4.69) is 5.10 Å². The van der Waals surface area contributed by atoms with E-state index in [1.54, 1.807) is 10.9 Å². The summed E-state index contributed by atoms with van der Waals surface area (Å²) >= 11 is 6.01. The van der Waals surface area contributed by atoms with Crippen LogP contribution in [0.4, 0.5) is 0 Å². The van der Waals surface area contributed by atoms with Crippen LogP contribution in [0.2, 0.25) is 5.15 Å². The van der Waals surface area contributed by atoms with Gasteiger partial charge < -0.3 is 5.11 Å². The summed E-state index contributed by atoms with van der Waals surface area (Å²) in [7, 11) is 0. The smallest absolute Gasteiger partial charge is 0.307 e. The monoisotopic (exact) mass is 214 g/mol. The largest absolute Gasteiger partial charge is 0.481 e. The number of nitrogens with zero attached hydrogens (tertiary/aromatic N) is 2. The van der Waals surface area contributed by atoms with E-state index in [9.17, 15) is 4.79 Å². The minimum atomic E-state index is -0.875. The molecular formula is C9H11ClN2O2. The Bertz CT molecular complexity index is 358. The number of hydrogen-bond donors (Lipinski definition) is 1. The van der Waals surface area contributed by atoms with Crippen LogP contribution in [-0.2, 0) is 11.2 Å².